The van der Waals surface area contributed by atoms with Gasteiger partial charge in [-0.15, -0.1) is 0 Å². The highest BCUT2D eigenvalue weighted by Crippen LogP contribution is 2.68. The quantitative estimate of drug-likeness (QED) is 0.432. The predicted octanol–water partition coefficient (Wildman–Crippen LogP) is 7.40. The third-order valence-corrected chi connectivity index (χ3v) is 10.6. The molecule has 0 saturated heterocycles. The van der Waals surface area contributed by atoms with E-state index in [0.29, 0.717) is 29.8 Å². The minimum atomic E-state index is 0.0191. The van der Waals surface area contributed by atoms with E-state index in [0.717, 1.165) is 42.4 Å². The third-order valence-electron chi connectivity index (χ3n) is 10.6. The second kappa shape index (κ2) is 8.54. The molecular weight excluding hydrogens is 356 g/mol. The average molecular weight is 403 g/mol. The molecule has 8 atom stereocenters. The zero-order valence-corrected chi connectivity index (χ0v) is 19.7. The Labute approximate surface area is 179 Å². The van der Waals surface area contributed by atoms with Crippen LogP contribution in [-0.4, -0.2) is 12.6 Å². The van der Waals surface area contributed by atoms with Gasteiger partial charge in [0.1, 0.15) is 0 Å². The van der Waals surface area contributed by atoms with Crippen LogP contribution in [0.5, 0.6) is 0 Å². The third kappa shape index (κ3) is 3.80. The second-order valence-electron chi connectivity index (χ2n) is 11.9. The molecule has 4 saturated carbocycles. The smallest absolute Gasteiger partial charge is 0.305 e. The van der Waals surface area contributed by atoms with Gasteiger partial charge >= 0.3 is 5.97 Å². The lowest BCUT2D eigenvalue weighted by Gasteiger charge is -2.61. The Hall–Kier alpha value is -0.530. The molecule has 0 spiro atoms. The zero-order chi connectivity index (χ0) is 20.6. The van der Waals surface area contributed by atoms with E-state index < -0.39 is 0 Å². The number of hydrogen-bond acceptors (Lipinski definition) is 2. The largest absolute Gasteiger partial charge is 0.466 e. The maximum atomic E-state index is 12.0. The van der Waals surface area contributed by atoms with Crippen molar-refractivity contribution in [3.05, 3.63) is 0 Å². The fourth-order valence-corrected chi connectivity index (χ4v) is 9.11. The molecule has 0 heterocycles. The molecule has 0 aromatic heterocycles. The molecule has 0 aliphatic heterocycles. The van der Waals surface area contributed by atoms with Gasteiger partial charge in [-0.2, -0.15) is 0 Å². The first kappa shape index (κ1) is 21.7. The Bertz CT molecular complexity index is 585. The summed E-state index contributed by atoms with van der Waals surface area (Å²) in [6.07, 6.45) is 17.3. The first-order chi connectivity index (χ1) is 13.9. The number of hydrogen-bond donors (Lipinski definition) is 0. The van der Waals surface area contributed by atoms with Crippen LogP contribution in [0.3, 0.4) is 0 Å². The fourth-order valence-electron chi connectivity index (χ4n) is 9.11. The van der Waals surface area contributed by atoms with E-state index in [1.807, 2.05) is 0 Å². The Kier molecular flexibility index (Phi) is 6.39. The summed E-state index contributed by atoms with van der Waals surface area (Å²) >= 11 is 0. The second-order valence-corrected chi connectivity index (χ2v) is 11.9. The van der Waals surface area contributed by atoms with Gasteiger partial charge in [0.15, 0.2) is 0 Å². The van der Waals surface area contributed by atoms with E-state index in [2.05, 4.69) is 27.7 Å². The Morgan fingerprint density at radius 3 is 2.55 bits per heavy atom. The summed E-state index contributed by atoms with van der Waals surface area (Å²) in [5.41, 5.74) is 1.17. The van der Waals surface area contributed by atoms with Crippen molar-refractivity contribution in [1.29, 1.82) is 0 Å². The van der Waals surface area contributed by atoms with Crippen LogP contribution in [0.1, 0.15) is 111 Å². The normalized spacial score (nSPS) is 45.0. The Morgan fingerprint density at radius 2 is 1.76 bits per heavy atom. The highest BCUT2D eigenvalue weighted by atomic mass is 16.5. The monoisotopic (exact) mass is 402 g/mol. The SMILES string of the molecule is CCCOC(=O)CC[C@@H](C)[C@H]1CC[C@H]2[C@@H]3CCC4CCCC[C@]4(C)[C@H]3CC[C@]12C. The lowest BCUT2D eigenvalue weighted by atomic mass is 9.44. The van der Waals surface area contributed by atoms with Crippen molar-refractivity contribution in [2.75, 3.05) is 6.61 Å². The molecule has 0 aromatic rings. The Balaban J connectivity index is 1.42. The maximum Gasteiger partial charge on any atom is 0.305 e. The molecule has 4 fully saturated rings. The summed E-state index contributed by atoms with van der Waals surface area (Å²) in [6, 6.07) is 0. The van der Waals surface area contributed by atoms with Crippen LogP contribution in [0.2, 0.25) is 0 Å². The molecule has 4 rings (SSSR count). The molecule has 0 aromatic carbocycles. The molecule has 4 aliphatic carbocycles. The van der Waals surface area contributed by atoms with Crippen molar-refractivity contribution < 1.29 is 9.53 Å². The summed E-state index contributed by atoms with van der Waals surface area (Å²) in [7, 11) is 0. The minimum Gasteiger partial charge on any atom is -0.466 e. The van der Waals surface area contributed by atoms with Gasteiger partial charge in [0.2, 0.25) is 0 Å². The van der Waals surface area contributed by atoms with Gasteiger partial charge in [-0.25, -0.2) is 0 Å². The first-order valence-corrected chi connectivity index (χ1v) is 13.1. The molecule has 0 radical (unpaired) electrons. The average Bonchev–Trinajstić information content (AvgIpc) is 3.07. The van der Waals surface area contributed by atoms with Crippen LogP contribution in [0, 0.1) is 46.3 Å². The van der Waals surface area contributed by atoms with Crippen molar-refractivity contribution in [2.24, 2.45) is 46.3 Å². The summed E-state index contributed by atoms with van der Waals surface area (Å²) in [4.78, 5) is 12.0. The van der Waals surface area contributed by atoms with Gasteiger partial charge in [-0.1, -0.05) is 40.5 Å². The molecular formula is C27H46O2. The van der Waals surface area contributed by atoms with Crippen molar-refractivity contribution >= 4 is 5.97 Å². The number of ether oxygens (including phenoxy) is 1. The number of esters is 1. The summed E-state index contributed by atoms with van der Waals surface area (Å²) in [5, 5.41) is 0. The van der Waals surface area contributed by atoms with Crippen molar-refractivity contribution in [3.8, 4) is 0 Å². The number of carbonyl (C=O) groups is 1. The van der Waals surface area contributed by atoms with E-state index in [4.69, 9.17) is 4.74 Å². The Morgan fingerprint density at radius 1 is 0.966 bits per heavy atom. The van der Waals surface area contributed by atoms with E-state index >= 15 is 0 Å². The van der Waals surface area contributed by atoms with E-state index in [1.165, 1.54) is 64.2 Å². The van der Waals surface area contributed by atoms with Crippen LogP contribution in [-0.2, 0) is 9.53 Å². The van der Waals surface area contributed by atoms with Crippen LogP contribution < -0.4 is 0 Å². The molecule has 0 bridgehead atoms. The highest BCUT2D eigenvalue weighted by Gasteiger charge is 2.60. The fraction of sp³-hybridized carbons (Fsp3) is 0.963. The molecule has 4 aliphatic rings. The van der Waals surface area contributed by atoms with Gasteiger partial charge in [0.05, 0.1) is 6.61 Å². The van der Waals surface area contributed by atoms with Crippen molar-refractivity contribution in [2.45, 2.75) is 111 Å². The summed E-state index contributed by atoms with van der Waals surface area (Å²) in [5.74, 6) is 5.43. The van der Waals surface area contributed by atoms with Gasteiger partial charge in [0, 0.05) is 6.42 Å². The standard InChI is InChI=1S/C27H46O2/c1-5-18-29-25(28)14-9-19(2)22-12-13-23-21-11-10-20-8-6-7-16-26(20,3)24(21)15-17-27(22,23)4/h19-24H,5-18H2,1-4H3/t19-,20?,21+,22-,23+,24+,26+,27-/m1/s1. The summed E-state index contributed by atoms with van der Waals surface area (Å²) in [6.45, 7) is 10.4. The topological polar surface area (TPSA) is 26.3 Å². The molecule has 1 unspecified atom stereocenters. The molecule has 2 heteroatoms. The molecule has 0 N–H and O–H groups in total. The molecule has 166 valence electrons. The minimum absolute atomic E-state index is 0.0191. The number of rotatable bonds is 6. The predicted molar refractivity (Wildman–Crippen MR) is 119 cm³/mol. The summed E-state index contributed by atoms with van der Waals surface area (Å²) < 4.78 is 5.33. The molecule has 2 nitrogen and oxygen atoms in total. The molecule has 29 heavy (non-hydrogen) atoms. The van der Waals surface area contributed by atoms with Crippen LogP contribution in [0.25, 0.3) is 0 Å². The van der Waals surface area contributed by atoms with Crippen molar-refractivity contribution in [3.63, 3.8) is 0 Å². The lowest BCUT2D eigenvalue weighted by Crippen LogP contribution is -2.53. The maximum absolute atomic E-state index is 12.0. The van der Waals surface area contributed by atoms with Crippen LogP contribution in [0.4, 0.5) is 0 Å². The van der Waals surface area contributed by atoms with Crippen LogP contribution in [0.15, 0.2) is 0 Å². The zero-order valence-electron chi connectivity index (χ0n) is 19.7. The van der Waals surface area contributed by atoms with Crippen molar-refractivity contribution in [1.82, 2.24) is 0 Å². The van der Waals surface area contributed by atoms with Gasteiger partial charge in [-0.3, -0.25) is 4.79 Å². The van der Waals surface area contributed by atoms with Crippen LogP contribution >= 0.6 is 0 Å². The van der Waals surface area contributed by atoms with E-state index in [9.17, 15) is 4.79 Å². The van der Waals surface area contributed by atoms with E-state index in [1.54, 1.807) is 0 Å². The number of fused-ring (bicyclic) bond motifs is 5. The lowest BCUT2D eigenvalue weighted by molar-refractivity contribution is -0.144. The number of carbonyl (C=O) groups excluding carboxylic acids is 1. The van der Waals surface area contributed by atoms with Gasteiger partial charge in [-0.05, 0) is 111 Å². The first-order valence-electron chi connectivity index (χ1n) is 13.1. The highest BCUT2D eigenvalue weighted by molar-refractivity contribution is 5.69. The van der Waals surface area contributed by atoms with Gasteiger partial charge < -0.3 is 4.74 Å². The van der Waals surface area contributed by atoms with E-state index in [-0.39, 0.29) is 5.97 Å². The molecule has 0 amide bonds. The van der Waals surface area contributed by atoms with Gasteiger partial charge in [0.25, 0.3) is 0 Å².